The fourth-order valence-corrected chi connectivity index (χ4v) is 12.0. The molecule has 2 aromatic carbocycles. The number of aromatic nitrogens is 1. The maximum atomic E-state index is 14.1. The first kappa shape index (κ1) is 20.1. The number of hydrogen-bond donors (Lipinski definition) is 3. The minimum absolute atomic E-state index is 0.168. The molecule has 4 saturated heterocycles. The second kappa shape index (κ2) is 6.24. The maximum Gasteiger partial charge on any atom is 0.264 e. The lowest BCUT2D eigenvalue weighted by Crippen LogP contribution is -2.73. The molecule has 5 atom stereocenters. The molecule has 5 aliphatic heterocycles. The Hall–Kier alpha value is -2.27. The third kappa shape index (κ3) is 2.01. The van der Waals surface area contributed by atoms with Crippen LogP contribution in [-0.4, -0.2) is 60.8 Å². The molecular formula is C23H20N4O3S3. The first-order chi connectivity index (χ1) is 15.9. The van der Waals surface area contributed by atoms with Crippen molar-refractivity contribution in [1.29, 1.82) is 0 Å². The Morgan fingerprint density at radius 2 is 1.76 bits per heavy atom. The van der Waals surface area contributed by atoms with Crippen molar-refractivity contribution in [3.63, 3.8) is 0 Å². The van der Waals surface area contributed by atoms with Gasteiger partial charge in [-0.1, -0.05) is 36.4 Å². The summed E-state index contributed by atoms with van der Waals surface area (Å²) in [7, 11) is 5.73. The smallest absolute Gasteiger partial charge is 0.264 e. The number of benzene rings is 2. The molecule has 168 valence electrons. The molecular weight excluding hydrogens is 476 g/mol. The first-order valence-electron chi connectivity index (χ1n) is 10.6. The molecule has 8 rings (SSSR count). The number of nitrogens with zero attached hydrogens (tertiary/aromatic N) is 2. The summed E-state index contributed by atoms with van der Waals surface area (Å²) >= 11 is 0. The van der Waals surface area contributed by atoms with E-state index in [9.17, 15) is 14.7 Å². The third-order valence-corrected chi connectivity index (χ3v) is 12.9. The number of rotatable bonds is 1. The lowest BCUT2D eigenvalue weighted by Gasteiger charge is -2.49. The molecule has 10 heteroatoms. The normalized spacial score (nSPS) is 36.6. The van der Waals surface area contributed by atoms with Crippen LogP contribution in [0.2, 0.25) is 0 Å². The van der Waals surface area contributed by atoms with E-state index in [4.69, 9.17) is 0 Å². The third-order valence-electron chi connectivity index (χ3n) is 7.77. The number of nitrogens with one attached hydrogen (secondary N) is 2. The highest BCUT2D eigenvalue weighted by Crippen LogP contribution is 2.69. The van der Waals surface area contributed by atoms with E-state index in [0.717, 1.165) is 27.7 Å². The monoisotopic (exact) mass is 496 g/mol. The Morgan fingerprint density at radius 1 is 1.00 bits per heavy atom. The number of aliphatic hydroxyl groups excluding tert-OH is 1. The zero-order chi connectivity index (χ0) is 22.8. The predicted molar refractivity (Wildman–Crippen MR) is 132 cm³/mol. The largest absolute Gasteiger partial charge is 0.388 e. The van der Waals surface area contributed by atoms with Crippen molar-refractivity contribution in [3.8, 4) is 0 Å². The van der Waals surface area contributed by atoms with Crippen molar-refractivity contribution >= 4 is 59.8 Å². The van der Waals surface area contributed by atoms with Crippen LogP contribution in [0.5, 0.6) is 0 Å². The van der Waals surface area contributed by atoms with Gasteiger partial charge in [0.05, 0.1) is 5.41 Å². The molecule has 5 aliphatic rings. The van der Waals surface area contributed by atoms with E-state index in [1.807, 2.05) is 54.7 Å². The molecule has 33 heavy (non-hydrogen) atoms. The van der Waals surface area contributed by atoms with Crippen LogP contribution in [0.25, 0.3) is 10.9 Å². The van der Waals surface area contributed by atoms with Gasteiger partial charge >= 0.3 is 0 Å². The maximum absolute atomic E-state index is 14.1. The quantitative estimate of drug-likeness (QED) is 0.446. The second-order valence-corrected chi connectivity index (χ2v) is 13.6. The van der Waals surface area contributed by atoms with Gasteiger partial charge in [-0.2, -0.15) is 0 Å². The van der Waals surface area contributed by atoms with E-state index < -0.39 is 27.4 Å². The SMILES string of the molecule is CN1C(=O)[C@]23SSSC1(C)C(=O)N2[C@H]1Nc2ccccc2[C@@]1(c1c[nH]c2ccccc12)[C@@H]3O. The van der Waals surface area contributed by atoms with E-state index in [2.05, 4.69) is 10.3 Å². The molecule has 1 aromatic heterocycles. The molecule has 3 N–H and O–H groups in total. The number of aliphatic hydroxyl groups is 1. The van der Waals surface area contributed by atoms with E-state index in [0.29, 0.717) is 0 Å². The van der Waals surface area contributed by atoms with Crippen LogP contribution in [0.15, 0.2) is 54.7 Å². The van der Waals surface area contributed by atoms with Crippen LogP contribution in [0.3, 0.4) is 0 Å². The van der Waals surface area contributed by atoms with E-state index in [1.54, 1.807) is 18.9 Å². The Bertz CT molecular complexity index is 1380. The van der Waals surface area contributed by atoms with Crippen molar-refractivity contribution < 1.29 is 14.7 Å². The standard InChI is InChI=1S/C23H20N4O3S3/c1-21-19(29)27-18-22(13-8-4-6-10-16(13)25-18,14-11-24-15-9-5-3-7-12(14)15)17(28)23(27,32-33-31-21)20(30)26(21)2/h3-11,17-18,24-25,28H,1-2H3/t17-,18+,21?,22+,23-/m0/s1. The fourth-order valence-electron chi connectivity index (χ4n) is 6.07. The van der Waals surface area contributed by atoms with Gasteiger partial charge in [-0.05, 0) is 61.6 Å². The number of anilines is 1. The summed E-state index contributed by atoms with van der Waals surface area (Å²) < 4.78 is 0. The Morgan fingerprint density at radius 3 is 2.61 bits per heavy atom. The second-order valence-electron chi connectivity index (χ2n) is 9.07. The van der Waals surface area contributed by atoms with Gasteiger partial charge in [0.15, 0.2) is 4.87 Å². The number of carbonyl (C=O) groups excluding carboxylic acids is 2. The Kier molecular flexibility index (Phi) is 3.80. The van der Waals surface area contributed by atoms with Gasteiger partial charge in [0.25, 0.3) is 11.8 Å². The number of fused-ring (bicyclic) bond motifs is 7. The molecule has 6 heterocycles. The van der Waals surface area contributed by atoms with Gasteiger partial charge in [-0.15, -0.1) is 0 Å². The minimum atomic E-state index is -1.44. The van der Waals surface area contributed by atoms with Crippen molar-refractivity contribution in [3.05, 3.63) is 65.9 Å². The van der Waals surface area contributed by atoms with E-state index in [-0.39, 0.29) is 11.8 Å². The van der Waals surface area contributed by atoms with Crippen molar-refractivity contribution in [1.82, 2.24) is 14.8 Å². The minimum Gasteiger partial charge on any atom is -0.388 e. The number of carbonyl (C=O) groups is 2. The summed E-state index contributed by atoms with van der Waals surface area (Å²) in [5.74, 6) is -0.411. The van der Waals surface area contributed by atoms with Gasteiger partial charge in [-0.3, -0.25) is 14.5 Å². The number of para-hydroxylation sites is 2. The van der Waals surface area contributed by atoms with E-state index in [1.165, 1.54) is 36.3 Å². The van der Waals surface area contributed by atoms with Crippen LogP contribution in [0.1, 0.15) is 18.1 Å². The van der Waals surface area contributed by atoms with E-state index >= 15 is 0 Å². The summed E-state index contributed by atoms with van der Waals surface area (Å²) in [5.41, 5.74) is 2.56. The first-order valence-corrected chi connectivity index (χ1v) is 14.1. The zero-order valence-corrected chi connectivity index (χ0v) is 20.2. The van der Waals surface area contributed by atoms with Gasteiger partial charge in [-0.25, -0.2) is 0 Å². The topological polar surface area (TPSA) is 88.7 Å². The lowest BCUT2D eigenvalue weighted by molar-refractivity contribution is -0.165. The highest BCUT2D eigenvalue weighted by atomic mass is 33.5. The van der Waals surface area contributed by atoms with Crippen LogP contribution in [-0.2, 0) is 15.0 Å². The molecule has 1 spiro atoms. The molecule has 7 nitrogen and oxygen atoms in total. The van der Waals surface area contributed by atoms with Crippen LogP contribution in [0.4, 0.5) is 5.69 Å². The fraction of sp³-hybridized carbons (Fsp3) is 0.304. The lowest BCUT2D eigenvalue weighted by atomic mass is 9.70. The zero-order valence-electron chi connectivity index (χ0n) is 17.7. The van der Waals surface area contributed by atoms with Gasteiger partial charge in [0.1, 0.15) is 12.3 Å². The average molecular weight is 497 g/mol. The number of piperazine rings is 1. The summed E-state index contributed by atoms with van der Waals surface area (Å²) in [6.07, 6.45) is 0.137. The Balaban J connectivity index is 1.59. The number of hydrogen-bond acceptors (Lipinski definition) is 7. The number of amides is 2. The highest BCUT2D eigenvalue weighted by molar-refractivity contribution is 9.10. The van der Waals surface area contributed by atoms with Gasteiger partial charge < -0.3 is 20.3 Å². The van der Waals surface area contributed by atoms with Crippen molar-refractivity contribution in [2.24, 2.45) is 0 Å². The summed E-state index contributed by atoms with van der Waals surface area (Å²) in [5, 5.41) is 16.9. The summed E-state index contributed by atoms with van der Waals surface area (Å²) in [6, 6.07) is 15.8. The predicted octanol–water partition coefficient (Wildman–Crippen LogP) is 3.34. The molecule has 1 unspecified atom stereocenters. The van der Waals surface area contributed by atoms with Crippen LogP contribution in [0, 0.1) is 0 Å². The van der Waals surface area contributed by atoms with Crippen molar-refractivity contribution in [2.45, 2.75) is 34.4 Å². The molecule has 0 saturated carbocycles. The number of aromatic amines is 1. The van der Waals surface area contributed by atoms with Crippen LogP contribution >= 0.6 is 31.4 Å². The molecule has 2 amide bonds. The molecule has 0 aliphatic carbocycles. The molecule has 4 fully saturated rings. The van der Waals surface area contributed by atoms with Crippen molar-refractivity contribution in [2.75, 3.05) is 12.4 Å². The highest BCUT2D eigenvalue weighted by Gasteiger charge is 2.80. The number of likely N-dealkylation sites (N-methyl/N-ethyl adjacent to an activating group) is 1. The molecule has 2 bridgehead atoms. The molecule has 0 radical (unpaired) electrons. The van der Waals surface area contributed by atoms with Gasteiger partial charge in [0, 0.05) is 29.8 Å². The number of H-pyrrole nitrogens is 1. The summed E-state index contributed by atoms with van der Waals surface area (Å²) in [6.45, 7) is 1.79. The van der Waals surface area contributed by atoms with Gasteiger partial charge in [0.2, 0.25) is 4.87 Å². The summed E-state index contributed by atoms with van der Waals surface area (Å²) in [4.78, 5) is 32.1. The van der Waals surface area contributed by atoms with Crippen LogP contribution < -0.4 is 5.32 Å². The Labute approximate surface area is 201 Å². The average Bonchev–Trinajstić information content (AvgIpc) is 3.41. The molecule has 3 aromatic rings.